The molecular formula is C15H31N3O2. The summed E-state index contributed by atoms with van der Waals surface area (Å²) in [5.41, 5.74) is 4.96. The van der Waals surface area contributed by atoms with Crippen molar-refractivity contribution in [2.45, 2.75) is 71.2 Å². The third-order valence-corrected chi connectivity index (χ3v) is 4.08. The minimum Gasteiger partial charge on any atom is -0.373 e. The molecule has 0 aliphatic carbocycles. The van der Waals surface area contributed by atoms with Gasteiger partial charge in [0.25, 0.3) is 0 Å². The van der Waals surface area contributed by atoms with Crippen molar-refractivity contribution in [3.8, 4) is 0 Å². The van der Waals surface area contributed by atoms with Gasteiger partial charge in [0.15, 0.2) is 0 Å². The summed E-state index contributed by atoms with van der Waals surface area (Å²) in [5, 5.41) is 3.31. The Morgan fingerprint density at radius 1 is 1.45 bits per heavy atom. The Morgan fingerprint density at radius 2 is 2.00 bits per heavy atom. The average molecular weight is 285 g/mol. The highest BCUT2D eigenvalue weighted by atomic mass is 16.5. The number of rotatable bonds is 7. The van der Waals surface area contributed by atoms with Gasteiger partial charge >= 0.3 is 0 Å². The van der Waals surface area contributed by atoms with Crippen molar-refractivity contribution in [3.05, 3.63) is 0 Å². The number of nitrogens with zero attached hydrogens (tertiary/aromatic N) is 1. The summed E-state index contributed by atoms with van der Waals surface area (Å²) in [6.07, 6.45) is 2.19. The van der Waals surface area contributed by atoms with E-state index in [1.165, 1.54) is 0 Å². The average Bonchev–Trinajstić information content (AvgIpc) is 2.35. The van der Waals surface area contributed by atoms with Crippen LogP contribution in [-0.2, 0) is 9.53 Å². The molecular weight excluding hydrogens is 254 g/mol. The first-order valence-corrected chi connectivity index (χ1v) is 7.73. The Kier molecular flexibility index (Phi) is 6.43. The summed E-state index contributed by atoms with van der Waals surface area (Å²) in [7, 11) is 0. The Hall–Kier alpha value is -0.650. The molecule has 0 aromatic carbocycles. The van der Waals surface area contributed by atoms with E-state index in [-0.39, 0.29) is 18.1 Å². The smallest absolute Gasteiger partial charge is 0.237 e. The van der Waals surface area contributed by atoms with Crippen molar-refractivity contribution < 1.29 is 9.53 Å². The second-order valence-corrected chi connectivity index (χ2v) is 6.39. The van der Waals surface area contributed by atoms with Crippen LogP contribution in [0.4, 0.5) is 0 Å². The maximum atomic E-state index is 11.8. The molecule has 0 aromatic heterocycles. The number of morpholine rings is 1. The lowest BCUT2D eigenvalue weighted by Crippen LogP contribution is -2.58. The van der Waals surface area contributed by atoms with Crippen LogP contribution in [0, 0.1) is 0 Å². The molecule has 4 atom stereocenters. The number of carbonyl (C=O) groups is 1. The lowest BCUT2D eigenvalue weighted by atomic mass is 9.91. The third kappa shape index (κ3) is 4.72. The van der Waals surface area contributed by atoms with Crippen LogP contribution in [0.2, 0.25) is 0 Å². The van der Waals surface area contributed by atoms with Crippen LogP contribution in [0.1, 0.15) is 47.5 Å². The first-order valence-electron chi connectivity index (χ1n) is 7.73. The quantitative estimate of drug-likeness (QED) is 0.735. The van der Waals surface area contributed by atoms with Crippen molar-refractivity contribution in [3.63, 3.8) is 0 Å². The number of amides is 1. The Morgan fingerprint density at radius 3 is 2.45 bits per heavy atom. The Balaban J connectivity index is 2.65. The number of carbonyl (C=O) groups excluding carboxylic acids is 1. The van der Waals surface area contributed by atoms with E-state index in [9.17, 15) is 4.79 Å². The molecule has 2 unspecified atom stereocenters. The predicted octanol–water partition coefficient (Wildman–Crippen LogP) is 1.12. The van der Waals surface area contributed by atoms with E-state index in [4.69, 9.17) is 10.5 Å². The molecule has 5 nitrogen and oxygen atoms in total. The topological polar surface area (TPSA) is 67.6 Å². The van der Waals surface area contributed by atoms with Gasteiger partial charge in [0, 0.05) is 19.1 Å². The fourth-order valence-corrected chi connectivity index (χ4v) is 2.96. The van der Waals surface area contributed by atoms with Crippen LogP contribution in [0.15, 0.2) is 0 Å². The standard InChI is InChI=1S/C15H31N3O2/c1-6-7-17-15(5,14(16)19)8-11(2)18-9-12(3)20-13(4)10-18/h11-13,17H,6-10H2,1-5H3,(H2,16,19)/t11?,12-,13+,15?. The number of hydrogen-bond acceptors (Lipinski definition) is 4. The summed E-state index contributed by atoms with van der Waals surface area (Å²) < 4.78 is 5.76. The zero-order chi connectivity index (χ0) is 15.3. The van der Waals surface area contributed by atoms with Crippen molar-refractivity contribution in [1.29, 1.82) is 0 Å². The zero-order valence-electron chi connectivity index (χ0n) is 13.6. The zero-order valence-corrected chi connectivity index (χ0v) is 13.6. The SMILES string of the molecule is CCCNC(C)(CC(C)N1C[C@@H](C)O[C@@H](C)C1)C(N)=O. The van der Waals surface area contributed by atoms with Crippen molar-refractivity contribution in [2.75, 3.05) is 19.6 Å². The van der Waals surface area contributed by atoms with E-state index in [1.54, 1.807) is 0 Å². The Bertz CT molecular complexity index is 314. The summed E-state index contributed by atoms with van der Waals surface area (Å²) >= 11 is 0. The van der Waals surface area contributed by atoms with E-state index >= 15 is 0 Å². The molecule has 20 heavy (non-hydrogen) atoms. The number of nitrogens with two attached hydrogens (primary N) is 1. The number of hydrogen-bond donors (Lipinski definition) is 2. The highest BCUT2D eigenvalue weighted by Crippen LogP contribution is 2.20. The van der Waals surface area contributed by atoms with Gasteiger partial charge < -0.3 is 15.8 Å². The number of ether oxygens (including phenoxy) is 1. The lowest BCUT2D eigenvalue weighted by molar-refractivity contribution is -0.125. The molecule has 1 rings (SSSR count). The summed E-state index contributed by atoms with van der Waals surface area (Å²) in [6.45, 7) is 13.0. The molecule has 0 aromatic rings. The van der Waals surface area contributed by atoms with Gasteiger partial charge in [0.2, 0.25) is 5.91 Å². The van der Waals surface area contributed by atoms with E-state index in [0.717, 1.165) is 32.5 Å². The van der Waals surface area contributed by atoms with Gasteiger partial charge in [-0.2, -0.15) is 0 Å². The molecule has 1 heterocycles. The summed E-state index contributed by atoms with van der Waals surface area (Å²) in [6, 6.07) is 0.297. The molecule has 0 spiro atoms. The van der Waals surface area contributed by atoms with Crippen LogP contribution in [0.5, 0.6) is 0 Å². The van der Waals surface area contributed by atoms with E-state index in [2.05, 4.69) is 37.9 Å². The minimum absolute atomic E-state index is 0.240. The molecule has 0 bridgehead atoms. The van der Waals surface area contributed by atoms with Crippen LogP contribution in [0.3, 0.4) is 0 Å². The van der Waals surface area contributed by atoms with Gasteiger partial charge in [-0.05, 0) is 47.1 Å². The minimum atomic E-state index is -0.639. The van der Waals surface area contributed by atoms with Crippen LogP contribution >= 0.6 is 0 Å². The van der Waals surface area contributed by atoms with Crippen LogP contribution < -0.4 is 11.1 Å². The van der Waals surface area contributed by atoms with E-state index in [1.807, 2.05) is 6.92 Å². The normalized spacial score (nSPS) is 28.9. The molecule has 0 radical (unpaired) electrons. The Labute approximate surface area is 123 Å². The van der Waals surface area contributed by atoms with Gasteiger partial charge in [-0.25, -0.2) is 0 Å². The van der Waals surface area contributed by atoms with Gasteiger partial charge in [-0.3, -0.25) is 9.69 Å². The molecule has 118 valence electrons. The maximum absolute atomic E-state index is 11.8. The molecule has 1 saturated heterocycles. The van der Waals surface area contributed by atoms with Gasteiger partial charge in [-0.15, -0.1) is 0 Å². The second-order valence-electron chi connectivity index (χ2n) is 6.39. The summed E-state index contributed by atoms with van der Waals surface area (Å²) in [4.78, 5) is 14.2. The van der Waals surface area contributed by atoms with Crippen molar-refractivity contribution >= 4 is 5.91 Å². The van der Waals surface area contributed by atoms with Gasteiger partial charge in [0.05, 0.1) is 17.7 Å². The van der Waals surface area contributed by atoms with Gasteiger partial charge in [0.1, 0.15) is 0 Å². The van der Waals surface area contributed by atoms with Crippen molar-refractivity contribution in [2.24, 2.45) is 5.73 Å². The largest absolute Gasteiger partial charge is 0.373 e. The first-order chi connectivity index (χ1) is 9.28. The molecule has 1 aliphatic heterocycles. The highest BCUT2D eigenvalue weighted by molar-refractivity contribution is 5.84. The molecule has 5 heteroatoms. The number of primary amides is 1. The third-order valence-electron chi connectivity index (χ3n) is 4.08. The lowest BCUT2D eigenvalue weighted by Gasteiger charge is -2.41. The molecule has 3 N–H and O–H groups in total. The van der Waals surface area contributed by atoms with Crippen molar-refractivity contribution in [1.82, 2.24) is 10.2 Å². The molecule has 1 amide bonds. The second kappa shape index (κ2) is 7.38. The predicted molar refractivity (Wildman–Crippen MR) is 81.6 cm³/mol. The maximum Gasteiger partial charge on any atom is 0.237 e. The fraction of sp³-hybridized carbons (Fsp3) is 0.933. The molecule has 1 fully saturated rings. The molecule has 0 saturated carbocycles. The van der Waals surface area contributed by atoms with Crippen LogP contribution in [0.25, 0.3) is 0 Å². The van der Waals surface area contributed by atoms with E-state index in [0.29, 0.717) is 6.04 Å². The summed E-state index contributed by atoms with van der Waals surface area (Å²) in [5.74, 6) is -0.271. The van der Waals surface area contributed by atoms with Gasteiger partial charge in [-0.1, -0.05) is 6.92 Å². The van der Waals surface area contributed by atoms with Crippen LogP contribution in [-0.4, -0.2) is 54.2 Å². The highest BCUT2D eigenvalue weighted by Gasteiger charge is 2.35. The molecule has 1 aliphatic rings. The first kappa shape index (κ1) is 17.4. The van der Waals surface area contributed by atoms with E-state index < -0.39 is 5.54 Å². The monoisotopic (exact) mass is 285 g/mol. The number of nitrogens with one attached hydrogen (secondary N) is 1. The fourth-order valence-electron chi connectivity index (χ4n) is 2.96.